The number of aromatic nitrogens is 1. The number of sulfone groups is 1. The minimum atomic E-state index is -4.71. The number of amides is 2. The summed E-state index contributed by atoms with van der Waals surface area (Å²) >= 11 is 6.04. The second-order valence-corrected chi connectivity index (χ2v) is 14.2. The van der Waals surface area contributed by atoms with Crippen LogP contribution < -0.4 is 9.64 Å². The lowest BCUT2D eigenvalue weighted by molar-refractivity contribution is -0.137. The van der Waals surface area contributed by atoms with E-state index in [1.165, 1.54) is 12.3 Å². The molecule has 1 aliphatic heterocycles. The predicted octanol–water partition coefficient (Wildman–Crippen LogP) is 7.78. The molecule has 16 heteroatoms. The van der Waals surface area contributed by atoms with Crippen molar-refractivity contribution < 1.29 is 54.4 Å². The smallest absolute Gasteiger partial charge is 0.427 e. The first-order valence-electron chi connectivity index (χ1n) is 14.8. The van der Waals surface area contributed by atoms with E-state index in [1.54, 1.807) is 13.8 Å². The highest BCUT2D eigenvalue weighted by Gasteiger charge is 2.41. The lowest BCUT2D eigenvalue weighted by Crippen LogP contribution is -2.29. The van der Waals surface area contributed by atoms with Crippen molar-refractivity contribution in [3.8, 4) is 5.75 Å². The normalized spacial score (nSPS) is 16.9. The van der Waals surface area contributed by atoms with Gasteiger partial charge < -0.3 is 14.0 Å². The van der Waals surface area contributed by atoms with Gasteiger partial charge in [-0.15, -0.1) is 0 Å². The topological polar surface area (TPSA) is 133 Å². The summed E-state index contributed by atoms with van der Waals surface area (Å²) in [6, 6.07) is 4.37. The minimum Gasteiger partial charge on any atom is -0.489 e. The van der Waals surface area contributed by atoms with Crippen molar-refractivity contribution in [2.24, 2.45) is 0 Å². The molecule has 0 bridgehead atoms. The second-order valence-electron chi connectivity index (χ2n) is 11.8. The van der Waals surface area contributed by atoms with Gasteiger partial charge in [-0.2, -0.15) is 13.2 Å². The van der Waals surface area contributed by atoms with Crippen LogP contribution in [0.3, 0.4) is 0 Å². The number of carbonyl (C=O) groups excluding carboxylic acids is 3. The summed E-state index contributed by atoms with van der Waals surface area (Å²) in [5.74, 6) is -1.65. The number of benzene rings is 2. The van der Waals surface area contributed by atoms with E-state index in [0.29, 0.717) is 28.4 Å². The number of ketones is 1. The Bertz CT molecular complexity index is 1930. The zero-order valence-electron chi connectivity index (χ0n) is 25.8. The predicted molar refractivity (Wildman–Crippen MR) is 163 cm³/mol. The van der Waals surface area contributed by atoms with Crippen LogP contribution in [-0.4, -0.2) is 43.7 Å². The zero-order chi connectivity index (χ0) is 35.1. The van der Waals surface area contributed by atoms with Crippen LogP contribution in [0.4, 0.5) is 28.0 Å². The Morgan fingerprint density at radius 1 is 1.04 bits per heavy atom. The second kappa shape index (κ2) is 13.3. The van der Waals surface area contributed by atoms with Gasteiger partial charge in [-0.05, 0) is 82.2 Å². The Balaban J connectivity index is 0.000000188. The number of carbonyl (C=O) groups is 3. The maximum absolute atomic E-state index is 14.3. The highest BCUT2D eigenvalue weighted by Crippen LogP contribution is 2.43. The van der Waals surface area contributed by atoms with Crippen molar-refractivity contribution in [3.05, 3.63) is 81.2 Å². The first kappa shape index (κ1) is 35.1. The standard InChI is InChI=1S/C17H17ClFNO4.C15H12F3NO4S/c1-9(2)15-16(21)20(17(22)24-15)13-8-14(11(18)7-12(13)19)23-10-5-3-4-6-10;1-24(21,22)12-6-9(15(16,17)18)4-5-10(12)13(20)11-7-19-23-14(11)8-2-3-8/h7-8,10H,3-6H2,1-2H3;4-8H,2-3H2,1H3. The number of rotatable bonds is 7. The molecule has 3 fully saturated rings. The summed E-state index contributed by atoms with van der Waals surface area (Å²) in [7, 11) is -4.04. The van der Waals surface area contributed by atoms with Crippen LogP contribution in [0.1, 0.15) is 85.5 Å². The van der Waals surface area contributed by atoms with Gasteiger partial charge in [0.15, 0.2) is 27.1 Å². The Labute approximate surface area is 277 Å². The van der Waals surface area contributed by atoms with Gasteiger partial charge in [0.2, 0.25) is 0 Å². The Kier molecular flexibility index (Phi) is 9.75. The van der Waals surface area contributed by atoms with Crippen molar-refractivity contribution in [3.63, 3.8) is 0 Å². The van der Waals surface area contributed by atoms with Gasteiger partial charge in [0.1, 0.15) is 11.6 Å². The lowest BCUT2D eigenvalue weighted by atomic mass is 10.0. The van der Waals surface area contributed by atoms with Crippen molar-refractivity contribution in [2.75, 3.05) is 11.2 Å². The van der Waals surface area contributed by atoms with Gasteiger partial charge in [-0.25, -0.2) is 22.5 Å². The van der Waals surface area contributed by atoms with E-state index in [1.807, 2.05) is 0 Å². The van der Waals surface area contributed by atoms with E-state index in [9.17, 15) is 40.4 Å². The first-order chi connectivity index (χ1) is 22.5. The molecule has 0 N–H and O–H groups in total. The van der Waals surface area contributed by atoms with Gasteiger partial charge in [0, 0.05) is 23.8 Å². The van der Waals surface area contributed by atoms with E-state index in [2.05, 4.69) is 5.16 Å². The largest absolute Gasteiger partial charge is 0.489 e. The van der Waals surface area contributed by atoms with Crippen molar-refractivity contribution >= 4 is 44.9 Å². The van der Waals surface area contributed by atoms with E-state index >= 15 is 0 Å². The van der Waals surface area contributed by atoms with Crippen molar-refractivity contribution in [1.29, 1.82) is 0 Å². The molecule has 0 atom stereocenters. The fourth-order valence-corrected chi connectivity index (χ4v) is 6.34. The van der Waals surface area contributed by atoms with Gasteiger partial charge in [0.05, 0.1) is 39.0 Å². The third kappa shape index (κ3) is 7.41. The fraction of sp³-hybridized carbons (Fsp3) is 0.375. The molecule has 1 saturated heterocycles. The molecular formula is C32H29ClF4N2O8S. The highest BCUT2D eigenvalue weighted by molar-refractivity contribution is 7.90. The molecular weight excluding hydrogens is 684 g/mol. The van der Waals surface area contributed by atoms with Crippen molar-refractivity contribution in [2.45, 2.75) is 75.5 Å². The molecule has 0 spiro atoms. The van der Waals surface area contributed by atoms with Crippen LogP contribution in [0.5, 0.6) is 5.75 Å². The average Bonchev–Trinajstić information content (AvgIpc) is 3.36. The molecule has 256 valence electrons. The number of nitrogens with zero attached hydrogens (tertiary/aromatic N) is 2. The van der Waals surface area contributed by atoms with Gasteiger partial charge in [0.25, 0.3) is 0 Å². The molecule has 2 heterocycles. The summed E-state index contributed by atoms with van der Waals surface area (Å²) in [6.45, 7) is 3.27. The number of halogens is 5. The molecule has 2 saturated carbocycles. The molecule has 3 aromatic rings. The summed E-state index contributed by atoms with van der Waals surface area (Å²) in [5, 5.41) is 3.66. The lowest BCUT2D eigenvalue weighted by Gasteiger charge is -2.18. The van der Waals surface area contributed by atoms with Crippen molar-refractivity contribution in [1.82, 2.24) is 5.16 Å². The molecule has 2 aromatic carbocycles. The number of alkyl halides is 3. The van der Waals surface area contributed by atoms with Crippen LogP contribution in [0, 0.1) is 5.82 Å². The molecule has 6 rings (SSSR count). The molecule has 3 aliphatic rings. The number of anilines is 1. The quantitative estimate of drug-likeness (QED) is 0.137. The van der Waals surface area contributed by atoms with Gasteiger partial charge in [-0.3, -0.25) is 9.59 Å². The summed E-state index contributed by atoms with van der Waals surface area (Å²) in [6.07, 6.45) is 1.86. The molecule has 1 aromatic heterocycles. The van der Waals surface area contributed by atoms with E-state index in [0.717, 1.165) is 56.9 Å². The fourth-order valence-electron chi connectivity index (χ4n) is 5.25. The van der Waals surface area contributed by atoms with Gasteiger partial charge in [-0.1, -0.05) is 16.8 Å². The molecule has 0 radical (unpaired) electrons. The van der Waals surface area contributed by atoms with E-state index in [-0.39, 0.29) is 45.4 Å². The van der Waals surface area contributed by atoms with Crippen LogP contribution in [0.15, 0.2) is 57.3 Å². The number of ether oxygens (including phenoxy) is 2. The monoisotopic (exact) mass is 712 g/mol. The number of allylic oxidation sites excluding steroid dienone is 1. The summed E-state index contributed by atoms with van der Waals surface area (Å²) in [4.78, 5) is 37.0. The van der Waals surface area contributed by atoms with Crippen LogP contribution in [0.25, 0.3) is 0 Å². The zero-order valence-corrected chi connectivity index (χ0v) is 27.4. The number of hydrogen-bond donors (Lipinski definition) is 0. The maximum Gasteiger partial charge on any atom is 0.427 e. The Morgan fingerprint density at radius 2 is 1.71 bits per heavy atom. The van der Waals surface area contributed by atoms with Crippen LogP contribution in [-0.2, 0) is 25.5 Å². The highest BCUT2D eigenvalue weighted by atomic mass is 35.5. The van der Waals surface area contributed by atoms with Gasteiger partial charge >= 0.3 is 18.2 Å². The SMILES string of the molecule is CC(C)=C1OC(=O)N(c2cc(OC3CCCC3)c(Cl)cc2F)C1=O.CS(=O)(=O)c1cc(C(F)(F)F)ccc1C(=O)c1cnoc1C1CC1. The number of imide groups is 1. The molecule has 48 heavy (non-hydrogen) atoms. The molecule has 10 nitrogen and oxygen atoms in total. The number of hydrogen-bond acceptors (Lipinski definition) is 9. The third-order valence-electron chi connectivity index (χ3n) is 7.81. The summed E-state index contributed by atoms with van der Waals surface area (Å²) < 4.78 is 92.4. The molecule has 2 amide bonds. The Morgan fingerprint density at radius 3 is 2.27 bits per heavy atom. The molecule has 2 aliphatic carbocycles. The first-order valence-corrected chi connectivity index (χ1v) is 17.0. The van der Waals surface area contributed by atoms with Crippen LogP contribution in [0.2, 0.25) is 5.02 Å². The average molecular weight is 713 g/mol. The van der Waals surface area contributed by atoms with E-state index < -0.39 is 50.1 Å². The third-order valence-corrected chi connectivity index (χ3v) is 9.24. The number of cyclic esters (lactones) is 1. The van der Waals surface area contributed by atoms with E-state index in [4.69, 9.17) is 25.6 Å². The minimum absolute atomic E-state index is 0.00962. The van der Waals surface area contributed by atoms with Crippen LogP contribution >= 0.6 is 11.6 Å². The Hall–Kier alpha value is -4.24. The maximum atomic E-state index is 14.3. The molecule has 0 unspecified atom stereocenters. The summed E-state index contributed by atoms with van der Waals surface area (Å²) in [5.41, 5.74) is -1.06.